The predicted molar refractivity (Wildman–Crippen MR) is 385 cm³/mol. The van der Waals surface area contributed by atoms with E-state index in [1.807, 2.05) is 42.7 Å². The molecule has 4 aromatic rings. The molecule has 0 saturated heterocycles. The van der Waals surface area contributed by atoms with Crippen LogP contribution in [0.3, 0.4) is 0 Å². The summed E-state index contributed by atoms with van der Waals surface area (Å²) in [5.74, 6) is 40.7. The van der Waals surface area contributed by atoms with Crippen molar-refractivity contribution in [2.24, 2.45) is 0 Å². The van der Waals surface area contributed by atoms with Gasteiger partial charge in [-0.05, 0) is 177 Å². The molecule has 0 radical (unpaired) electrons. The van der Waals surface area contributed by atoms with E-state index in [9.17, 15) is 10.2 Å². The van der Waals surface area contributed by atoms with Crippen molar-refractivity contribution < 1.29 is 10.2 Å². The van der Waals surface area contributed by atoms with E-state index >= 15 is 0 Å². The molecule has 0 fully saturated rings. The second-order valence-corrected chi connectivity index (χ2v) is 37.5. The third kappa shape index (κ3) is 27.3. The number of hydrogen-bond donors (Lipinski definition) is 2. The minimum atomic E-state index is -1.80. The Morgan fingerprint density at radius 3 is 1.06 bits per heavy atom. The molecule has 0 atom stereocenters. The average molecular weight is 1310 g/mol. The largest absolute Gasteiger partial charge is 0.378 e. The van der Waals surface area contributed by atoms with Gasteiger partial charge in [0.15, 0.2) is 0 Å². The molecule has 0 unspecified atom stereocenters. The molecule has 0 aliphatic carbocycles. The molecule has 4 rings (SSSR count). The maximum Gasteiger partial charge on any atom is 0.146 e. The van der Waals surface area contributed by atoms with Gasteiger partial charge < -0.3 is 10.2 Å². The van der Waals surface area contributed by atoms with Crippen molar-refractivity contribution in [2.45, 2.75) is 247 Å². The van der Waals surface area contributed by atoms with Gasteiger partial charge in [-0.2, -0.15) is 0 Å². The zero-order valence-corrected chi connectivity index (χ0v) is 60.8. The van der Waals surface area contributed by atoms with Gasteiger partial charge in [-0.15, -0.1) is 17.5 Å². The van der Waals surface area contributed by atoms with E-state index in [2.05, 4.69) is 247 Å². The van der Waals surface area contributed by atoms with Crippen LogP contribution < -0.4 is 0 Å². The van der Waals surface area contributed by atoms with Crippen molar-refractivity contribution in [2.75, 3.05) is 0 Å². The van der Waals surface area contributed by atoms with E-state index < -0.39 is 27.3 Å². The number of rotatable bonds is 16. The number of pyridine rings is 4. The number of allylic oxidation sites excluding steroid dienone is 4. The molecule has 460 valence electrons. The van der Waals surface area contributed by atoms with Crippen molar-refractivity contribution in [1.29, 1.82) is 0 Å². The summed E-state index contributed by atoms with van der Waals surface area (Å²) in [6.07, 6.45) is 22.8. The van der Waals surface area contributed by atoms with Crippen molar-refractivity contribution >= 4 is 38.7 Å². The molecule has 0 aromatic carbocycles. The lowest BCUT2D eigenvalue weighted by Crippen LogP contribution is -2.43. The molecule has 0 aliphatic heterocycles. The van der Waals surface area contributed by atoms with Crippen LogP contribution in [0.15, 0.2) is 93.6 Å². The Kier molecular flexibility index (Phi) is 34.2. The van der Waals surface area contributed by atoms with Crippen LogP contribution in [0.1, 0.15) is 248 Å². The smallest absolute Gasteiger partial charge is 0.146 e. The van der Waals surface area contributed by atoms with Crippen LogP contribution in [-0.2, 0) is 0 Å². The van der Waals surface area contributed by atoms with E-state index in [1.165, 1.54) is 22.0 Å². The number of nitrogens with zero attached hydrogens (tertiary/aromatic N) is 4. The minimum absolute atomic E-state index is 0.582. The highest BCUT2D eigenvalue weighted by Gasteiger charge is 2.42. The lowest BCUT2D eigenvalue weighted by Gasteiger charge is -2.38. The fraction of sp³-hybridized carbons (Fsp3) is 0.487. The lowest BCUT2D eigenvalue weighted by atomic mass is 9.99. The van der Waals surface area contributed by atoms with E-state index in [0.717, 1.165) is 96.2 Å². The Bertz CT molecular complexity index is 3330. The van der Waals surface area contributed by atoms with Gasteiger partial charge in [0.2, 0.25) is 0 Å². The van der Waals surface area contributed by atoms with Crippen molar-refractivity contribution in [3.63, 3.8) is 0 Å². The van der Waals surface area contributed by atoms with Gasteiger partial charge in [0.1, 0.15) is 50.1 Å². The Morgan fingerprint density at radius 2 is 0.736 bits per heavy atom. The first kappa shape index (κ1) is 76.7. The predicted octanol–water partition coefficient (Wildman–Crippen LogP) is 18.7. The Morgan fingerprint density at radius 1 is 0.425 bits per heavy atom. The zero-order chi connectivity index (χ0) is 65.4. The molecule has 0 aliphatic rings. The van der Waals surface area contributed by atoms with Gasteiger partial charge in [-0.3, -0.25) is 0 Å². The summed E-state index contributed by atoms with van der Waals surface area (Å²) in [4.78, 5) is 17.7. The van der Waals surface area contributed by atoms with Gasteiger partial charge >= 0.3 is 0 Å². The Labute approximate surface area is 545 Å². The molecule has 9 heteroatoms. The summed E-state index contributed by atoms with van der Waals surface area (Å²) in [5, 5.41) is 19.2. The standard InChI is InChI=1S/C39H50N2OSi.C27H40INSi.C12H11NO/c1-11-13-15-36(20-23-37-21-18-34(29-40-37)24-26-39(9,10)42)35(14-12-2)19-16-33-17-22-38(41-28-33)25-27-43(30(3)4,31(5)6)32(7)8;1-9-11-13-27(28)25(12-10-2)16-14-24-15-17-26(29-20-24)18-19-30(21(3)4,22(5)6)23(7)8;1-4-11-6-5-10(9-13-11)7-8-12(2,3)14/h17-18,21-22,28-32,42H,11-15H2,1-10H3;15,17,20-23H,9-13H2,1-8H3;1,5-6,9,14H,2-3H3/b36-35+;27-25+;. The molecule has 2 N–H and O–H groups in total. The first-order valence-electron chi connectivity index (χ1n) is 31.6. The topological polar surface area (TPSA) is 92.0 Å². The van der Waals surface area contributed by atoms with Crippen LogP contribution in [0.25, 0.3) is 0 Å². The minimum Gasteiger partial charge on any atom is -0.378 e. The molecule has 0 bridgehead atoms. The second kappa shape index (κ2) is 38.8. The molecule has 0 saturated carbocycles. The number of aromatic nitrogens is 4. The fourth-order valence-electron chi connectivity index (χ4n) is 10.5. The average Bonchev–Trinajstić information content (AvgIpc) is 1.64. The maximum atomic E-state index is 9.83. The molecule has 6 nitrogen and oxygen atoms in total. The maximum absolute atomic E-state index is 9.83. The highest BCUT2D eigenvalue weighted by Crippen LogP contribution is 2.42. The molecular weight excluding hydrogens is 1210 g/mol. The summed E-state index contributed by atoms with van der Waals surface area (Å²) in [5.41, 5.74) is 18.9. The zero-order valence-electron chi connectivity index (χ0n) is 56.6. The summed E-state index contributed by atoms with van der Waals surface area (Å²) < 4.78 is 1.41. The van der Waals surface area contributed by atoms with Gasteiger partial charge in [-0.25, -0.2) is 19.9 Å². The van der Waals surface area contributed by atoms with E-state index in [4.69, 9.17) is 6.42 Å². The first-order valence-corrected chi connectivity index (χ1v) is 37.1. The molecular formula is C78H101IN4O2Si2. The highest BCUT2D eigenvalue weighted by molar-refractivity contribution is 14.1. The van der Waals surface area contributed by atoms with E-state index in [0.29, 0.717) is 44.6 Å². The first-order chi connectivity index (χ1) is 41.0. The van der Waals surface area contributed by atoms with Gasteiger partial charge in [0, 0.05) is 67.3 Å². The number of aliphatic hydroxyl groups is 2. The number of terminal acetylenes is 1. The summed E-state index contributed by atoms with van der Waals surface area (Å²) >= 11 is 2.48. The summed E-state index contributed by atoms with van der Waals surface area (Å²) in [6, 6.07) is 15.4. The van der Waals surface area contributed by atoms with E-state index in [-0.39, 0.29) is 0 Å². The van der Waals surface area contributed by atoms with Crippen LogP contribution >= 0.6 is 22.6 Å². The second-order valence-electron chi connectivity index (χ2n) is 25.1. The molecule has 0 spiro atoms. The number of halogens is 1. The van der Waals surface area contributed by atoms with Crippen LogP contribution in [0, 0.1) is 94.5 Å². The third-order valence-corrected chi connectivity index (χ3v) is 28.8. The number of hydrogen-bond acceptors (Lipinski definition) is 6. The van der Waals surface area contributed by atoms with Crippen LogP contribution in [0.2, 0.25) is 33.2 Å². The molecule has 4 heterocycles. The van der Waals surface area contributed by atoms with Crippen molar-refractivity contribution in [3.05, 3.63) is 139 Å². The quantitative estimate of drug-likeness (QED) is 0.0660. The lowest BCUT2D eigenvalue weighted by molar-refractivity contribution is 0.143. The van der Waals surface area contributed by atoms with Crippen LogP contribution in [0.5, 0.6) is 0 Å². The summed E-state index contributed by atoms with van der Waals surface area (Å²) in [7, 11) is -3.52. The van der Waals surface area contributed by atoms with Gasteiger partial charge in [0.05, 0.1) is 0 Å². The van der Waals surface area contributed by atoms with E-state index in [1.54, 1.807) is 52.2 Å². The Hall–Kier alpha value is -6.36. The fourth-order valence-corrected chi connectivity index (χ4v) is 21.7. The van der Waals surface area contributed by atoms with Gasteiger partial charge in [0.25, 0.3) is 0 Å². The third-order valence-electron chi connectivity index (χ3n) is 15.1. The highest BCUT2D eigenvalue weighted by atomic mass is 127. The van der Waals surface area contributed by atoms with Crippen molar-refractivity contribution in [1.82, 2.24) is 19.9 Å². The normalized spacial score (nSPS) is 11.7. The van der Waals surface area contributed by atoms with Gasteiger partial charge in [-0.1, -0.05) is 208 Å². The van der Waals surface area contributed by atoms with Crippen molar-refractivity contribution in [3.8, 4) is 94.5 Å². The molecule has 4 aromatic heterocycles. The number of unbranched alkanes of at least 4 members (excludes halogenated alkanes) is 2. The SMILES string of the molecule is C#Cc1ccc(C#CC(C)(C)O)cn1.CCCC/C(C#Cc1ccc(C#CC(C)(C)O)cn1)=C(\C#Cc1ccc(C#C[Si](C(C)C)(C(C)C)C(C)C)nc1)CCC.CCCC/C(I)=C(\C#Cc1ccc(C#C[Si](C(C)C)(C(C)C)C(C)C)nc1)CCC. The van der Waals surface area contributed by atoms with Crippen LogP contribution in [0.4, 0.5) is 0 Å². The molecule has 87 heavy (non-hydrogen) atoms. The van der Waals surface area contributed by atoms with Crippen LogP contribution in [-0.4, -0.2) is 57.5 Å². The summed E-state index contributed by atoms with van der Waals surface area (Å²) in [6.45, 7) is 43.4. The Balaban J connectivity index is 0.000000504. The monoisotopic (exact) mass is 1310 g/mol. The molecule has 0 amide bonds.